The minimum Gasteiger partial charge on any atom is -0.493 e. The van der Waals surface area contributed by atoms with Crippen molar-refractivity contribution in [1.29, 1.82) is 0 Å². The lowest BCUT2D eigenvalue weighted by Crippen LogP contribution is -2.13. The van der Waals surface area contributed by atoms with Crippen LogP contribution in [0.1, 0.15) is 16.7 Å². The van der Waals surface area contributed by atoms with E-state index in [9.17, 15) is 4.39 Å². The van der Waals surface area contributed by atoms with Gasteiger partial charge in [-0.05, 0) is 41.5 Å². The Bertz CT molecular complexity index is 980. The average Bonchev–Trinajstić information content (AvgIpc) is 2.70. The lowest BCUT2D eigenvalue weighted by atomic mass is 10.1. The molecule has 0 spiro atoms. The zero-order valence-corrected chi connectivity index (χ0v) is 18.7. The lowest BCUT2D eigenvalue weighted by Gasteiger charge is -2.15. The average molecular weight is 499 g/mol. The summed E-state index contributed by atoms with van der Waals surface area (Å²) in [5, 5.41) is 4.42. The molecule has 0 saturated heterocycles. The van der Waals surface area contributed by atoms with Gasteiger partial charge in [0.15, 0.2) is 11.5 Å². The number of hydrogen-bond acceptors (Lipinski definition) is 3. The van der Waals surface area contributed by atoms with Gasteiger partial charge in [0, 0.05) is 28.1 Å². The van der Waals surface area contributed by atoms with E-state index < -0.39 is 5.82 Å². The van der Waals surface area contributed by atoms with Gasteiger partial charge in [-0.15, -0.1) is 0 Å². The van der Waals surface area contributed by atoms with Crippen LogP contribution in [0.5, 0.6) is 11.5 Å². The molecule has 0 saturated carbocycles. The van der Waals surface area contributed by atoms with Gasteiger partial charge in [-0.25, -0.2) is 4.39 Å². The fraction of sp³-hybridized carbons (Fsp3) is 0.182. The molecule has 3 rings (SSSR count). The van der Waals surface area contributed by atoms with Crippen LogP contribution in [0.3, 0.4) is 0 Å². The lowest BCUT2D eigenvalue weighted by molar-refractivity contribution is 0.279. The summed E-state index contributed by atoms with van der Waals surface area (Å²) in [6.45, 7) is 1.23. The largest absolute Gasteiger partial charge is 0.493 e. The summed E-state index contributed by atoms with van der Waals surface area (Å²) in [6, 6.07) is 15.9. The Morgan fingerprint density at radius 2 is 1.66 bits per heavy atom. The van der Waals surface area contributed by atoms with Crippen LogP contribution in [0.15, 0.2) is 59.1 Å². The van der Waals surface area contributed by atoms with Crippen LogP contribution in [0.25, 0.3) is 0 Å². The minimum absolute atomic E-state index is 0.00158. The highest BCUT2D eigenvalue weighted by Crippen LogP contribution is 2.35. The second-order valence-electron chi connectivity index (χ2n) is 6.28. The number of halogens is 4. The Labute approximate surface area is 187 Å². The fourth-order valence-electron chi connectivity index (χ4n) is 2.78. The zero-order valence-electron chi connectivity index (χ0n) is 15.6. The van der Waals surface area contributed by atoms with Gasteiger partial charge in [0.1, 0.15) is 12.4 Å². The van der Waals surface area contributed by atoms with Gasteiger partial charge in [0.25, 0.3) is 0 Å². The second-order valence-corrected chi connectivity index (χ2v) is 7.95. The van der Waals surface area contributed by atoms with Crippen LogP contribution in [0, 0.1) is 5.82 Å². The number of methoxy groups -OCH3 is 1. The van der Waals surface area contributed by atoms with E-state index in [1.165, 1.54) is 6.07 Å². The summed E-state index contributed by atoms with van der Waals surface area (Å²) in [5.74, 6) is 0.639. The number of benzene rings is 3. The van der Waals surface area contributed by atoms with Crippen LogP contribution in [0.4, 0.5) is 4.39 Å². The highest BCUT2D eigenvalue weighted by atomic mass is 79.9. The first-order valence-corrected chi connectivity index (χ1v) is 10.4. The maximum absolute atomic E-state index is 14.0. The summed E-state index contributed by atoms with van der Waals surface area (Å²) in [5.41, 5.74) is 2.32. The van der Waals surface area contributed by atoms with Crippen LogP contribution in [-0.2, 0) is 19.7 Å². The maximum atomic E-state index is 14.0. The van der Waals surface area contributed by atoms with Crippen LogP contribution >= 0.6 is 39.1 Å². The molecule has 0 aliphatic rings. The van der Waals surface area contributed by atoms with Gasteiger partial charge in [-0.3, -0.25) is 0 Å². The molecule has 0 heterocycles. The number of rotatable bonds is 8. The molecule has 7 heteroatoms. The molecule has 0 atom stereocenters. The molecule has 3 nitrogen and oxygen atoms in total. The van der Waals surface area contributed by atoms with Crippen LogP contribution in [-0.4, -0.2) is 7.11 Å². The molecule has 0 aliphatic carbocycles. The summed E-state index contributed by atoms with van der Waals surface area (Å²) >= 11 is 15.8. The van der Waals surface area contributed by atoms with E-state index in [0.29, 0.717) is 35.2 Å². The predicted molar refractivity (Wildman–Crippen MR) is 118 cm³/mol. The van der Waals surface area contributed by atoms with Crippen molar-refractivity contribution in [2.45, 2.75) is 19.7 Å². The molecule has 0 aliphatic heterocycles. The smallest absolute Gasteiger partial charge is 0.162 e. The topological polar surface area (TPSA) is 30.5 Å². The molecule has 0 bridgehead atoms. The van der Waals surface area contributed by atoms with Crippen molar-refractivity contribution < 1.29 is 13.9 Å². The monoisotopic (exact) mass is 497 g/mol. The van der Waals surface area contributed by atoms with E-state index in [2.05, 4.69) is 21.2 Å². The highest BCUT2D eigenvalue weighted by Gasteiger charge is 2.13. The standard InChI is InChI=1S/C22H19BrCl2FNO2/c1-28-21-9-15(12-27-11-14-5-2-3-6-18(14)24)17(23)10-22(21)29-13-16-19(25)7-4-8-20(16)26/h2-10,27H,11-13H2,1H3. The number of nitrogens with one attached hydrogen (secondary N) is 1. The van der Waals surface area contributed by atoms with Crippen LogP contribution < -0.4 is 14.8 Å². The quantitative estimate of drug-likeness (QED) is 0.371. The molecule has 1 N–H and O–H groups in total. The molecule has 29 heavy (non-hydrogen) atoms. The van der Waals surface area contributed by atoms with E-state index >= 15 is 0 Å². The normalized spacial score (nSPS) is 10.8. The van der Waals surface area contributed by atoms with Crippen molar-refractivity contribution in [2.24, 2.45) is 0 Å². The van der Waals surface area contributed by atoms with Gasteiger partial charge >= 0.3 is 0 Å². The first-order valence-electron chi connectivity index (χ1n) is 8.85. The third-order valence-corrected chi connectivity index (χ3v) is 5.82. The number of ether oxygens (including phenoxy) is 2. The Balaban J connectivity index is 1.69. The van der Waals surface area contributed by atoms with Gasteiger partial charge in [-0.1, -0.05) is 63.4 Å². The van der Waals surface area contributed by atoms with Gasteiger partial charge < -0.3 is 14.8 Å². The van der Waals surface area contributed by atoms with Gasteiger partial charge in [0.2, 0.25) is 0 Å². The van der Waals surface area contributed by atoms with E-state index in [1.54, 1.807) is 25.3 Å². The summed E-state index contributed by atoms with van der Waals surface area (Å²) in [6.07, 6.45) is 0. The van der Waals surface area contributed by atoms with Gasteiger partial charge in [-0.2, -0.15) is 0 Å². The molecule has 0 amide bonds. The Morgan fingerprint density at radius 3 is 2.38 bits per heavy atom. The summed E-state index contributed by atoms with van der Waals surface area (Å²) in [4.78, 5) is 0. The minimum atomic E-state index is -0.407. The molecule has 0 unspecified atom stereocenters. The van der Waals surface area contributed by atoms with Crippen molar-refractivity contribution in [3.63, 3.8) is 0 Å². The molecule has 152 valence electrons. The Kier molecular flexibility index (Phi) is 7.78. The predicted octanol–water partition coefficient (Wildman–Crippen LogP) is 6.77. The molecule has 0 fully saturated rings. The van der Waals surface area contributed by atoms with E-state index in [4.69, 9.17) is 32.7 Å². The second kappa shape index (κ2) is 10.3. The van der Waals surface area contributed by atoms with Crippen molar-refractivity contribution in [1.82, 2.24) is 5.32 Å². The Hall–Kier alpha value is -1.79. The molecule has 0 aromatic heterocycles. The van der Waals surface area contributed by atoms with E-state index in [0.717, 1.165) is 20.6 Å². The zero-order chi connectivity index (χ0) is 20.8. The molecule has 3 aromatic rings. The first kappa shape index (κ1) is 21.9. The molecule has 3 aromatic carbocycles. The SMILES string of the molecule is COc1cc(CNCc2ccccc2Cl)c(Br)cc1OCc1c(F)cccc1Cl. The highest BCUT2D eigenvalue weighted by molar-refractivity contribution is 9.10. The summed E-state index contributed by atoms with van der Waals surface area (Å²) < 4.78 is 26.0. The van der Waals surface area contributed by atoms with Crippen molar-refractivity contribution >= 4 is 39.1 Å². The van der Waals surface area contributed by atoms with Gasteiger partial charge in [0.05, 0.1) is 12.1 Å². The third-order valence-electron chi connectivity index (χ3n) is 4.36. The first-order chi connectivity index (χ1) is 14.0. The van der Waals surface area contributed by atoms with Crippen molar-refractivity contribution in [3.05, 3.63) is 91.6 Å². The molecular formula is C22H19BrCl2FNO2. The molecule has 0 radical (unpaired) electrons. The Morgan fingerprint density at radius 1 is 0.931 bits per heavy atom. The maximum Gasteiger partial charge on any atom is 0.162 e. The third kappa shape index (κ3) is 5.64. The van der Waals surface area contributed by atoms with E-state index in [1.807, 2.05) is 30.3 Å². The number of hydrogen-bond donors (Lipinski definition) is 1. The fourth-order valence-corrected chi connectivity index (χ4v) is 3.66. The van der Waals surface area contributed by atoms with E-state index in [-0.39, 0.29) is 6.61 Å². The van der Waals surface area contributed by atoms with Crippen molar-refractivity contribution in [2.75, 3.05) is 7.11 Å². The molecular weight excluding hydrogens is 480 g/mol. The van der Waals surface area contributed by atoms with Crippen LogP contribution in [0.2, 0.25) is 10.0 Å². The van der Waals surface area contributed by atoms with Crippen molar-refractivity contribution in [3.8, 4) is 11.5 Å². The summed E-state index contributed by atoms with van der Waals surface area (Å²) in [7, 11) is 1.56.